The van der Waals surface area contributed by atoms with Gasteiger partial charge in [-0.25, -0.2) is 4.98 Å². The molecule has 0 saturated carbocycles. The third-order valence-corrected chi connectivity index (χ3v) is 5.59. The van der Waals surface area contributed by atoms with Crippen molar-refractivity contribution in [1.82, 2.24) is 19.7 Å². The van der Waals surface area contributed by atoms with Crippen LogP contribution >= 0.6 is 0 Å². The summed E-state index contributed by atoms with van der Waals surface area (Å²) in [4.78, 5) is 4.60. The van der Waals surface area contributed by atoms with Crippen molar-refractivity contribution in [2.75, 3.05) is 6.61 Å². The molecule has 0 unspecified atom stereocenters. The fourth-order valence-electron chi connectivity index (χ4n) is 2.54. The summed E-state index contributed by atoms with van der Waals surface area (Å²) in [7, 11) is 1.01. The molecule has 0 atom stereocenters. The molecular formula is C16H23BN4OSi. The van der Waals surface area contributed by atoms with Crippen LogP contribution in [0.4, 0.5) is 0 Å². The third-order valence-electron chi connectivity index (χ3n) is 3.89. The van der Waals surface area contributed by atoms with Gasteiger partial charge in [-0.05, 0) is 6.04 Å². The van der Waals surface area contributed by atoms with Crippen molar-refractivity contribution in [3.8, 4) is 11.1 Å². The largest absolute Gasteiger partial charge is 0.361 e. The van der Waals surface area contributed by atoms with Gasteiger partial charge in [0.25, 0.3) is 0 Å². The summed E-state index contributed by atoms with van der Waals surface area (Å²) in [6.07, 6.45) is 7.76. The molecule has 0 aliphatic rings. The molecule has 0 radical (unpaired) electrons. The number of rotatable bonds is 6. The molecule has 1 N–H and O–H groups in total. The van der Waals surface area contributed by atoms with Gasteiger partial charge in [0, 0.05) is 49.8 Å². The molecule has 0 aromatic carbocycles. The van der Waals surface area contributed by atoms with E-state index in [1.807, 2.05) is 18.6 Å². The SMILES string of the molecule is Bc1cnc2c(c1)c(-c1cn[nH]c1)cn2COCC[Si](C)(C)C. The van der Waals surface area contributed by atoms with E-state index >= 15 is 0 Å². The minimum atomic E-state index is -1.06. The van der Waals surface area contributed by atoms with Gasteiger partial charge in [0.1, 0.15) is 20.2 Å². The van der Waals surface area contributed by atoms with Crippen LogP contribution in [-0.4, -0.2) is 42.3 Å². The fraction of sp³-hybridized carbons (Fsp3) is 0.375. The van der Waals surface area contributed by atoms with Crippen LogP contribution in [0.3, 0.4) is 0 Å². The Kier molecular flexibility index (Phi) is 4.41. The van der Waals surface area contributed by atoms with Crippen LogP contribution in [0.25, 0.3) is 22.2 Å². The standard InChI is InChI=1S/C16H23BN4OSi/c1-23(2,3)5-4-22-11-21-10-15(12-7-19-20-8-12)14-6-13(17)9-18-16(14)21/h6-10H,4-5,11,17H2,1-3H3,(H,19,20). The molecule has 0 saturated heterocycles. The average Bonchev–Trinajstić information content (AvgIpc) is 3.09. The lowest BCUT2D eigenvalue weighted by Crippen LogP contribution is -2.22. The number of H-pyrrole nitrogens is 1. The summed E-state index contributed by atoms with van der Waals surface area (Å²) < 4.78 is 7.98. The fourth-order valence-corrected chi connectivity index (χ4v) is 3.30. The number of hydrogen-bond acceptors (Lipinski definition) is 3. The quantitative estimate of drug-likeness (QED) is 0.557. The molecule has 3 heterocycles. The summed E-state index contributed by atoms with van der Waals surface area (Å²) in [5.41, 5.74) is 4.32. The predicted molar refractivity (Wildman–Crippen MR) is 99.6 cm³/mol. The van der Waals surface area contributed by atoms with Crippen LogP contribution in [0.5, 0.6) is 0 Å². The minimum absolute atomic E-state index is 0.537. The Hall–Kier alpha value is -1.86. The van der Waals surface area contributed by atoms with E-state index in [1.165, 1.54) is 6.04 Å². The van der Waals surface area contributed by atoms with Crippen molar-refractivity contribution < 1.29 is 4.74 Å². The molecule has 0 amide bonds. The Morgan fingerprint density at radius 3 is 2.83 bits per heavy atom. The van der Waals surface area contributed by atoms with Gasteiger partial charge in [-0.15, -0.1) is 0 Å². The lowest BCUT2D eigenvalue weighted by atomic mass is 9.96. The summed E-state index contributed by atoms with van der Waals surface area (Å²) in [6.45, 7) is 8.44. The van der Waals surface area contributed by atoms with Crippen LogP contribution in [0.2, 0.25) is 25.7 Å². The first kappa shape index (κ1) is 16.0. The Morgan fingerprint density at radius 2 is 2.13 bits per heavy atom. The number of pyridine rings is 1. The predicted octanol–water partition coefficient (Wildman–Crippen LogP) is 2.00. The molecule has 3 aromatic heterocycles. The minimum Gasteiger partial charge on any atom is -0.361 e. The topological polar surface area (TPSA) is 55.7 Å². The van der Waals surface area contributed by atoms with Gasteiger partial charge in [-0.2, -0.15) is 5.10 Å². The smallest absolute Gasteiger partial charge is 0.142 e. The van der Waals surface area contributed by atoms with Gasteiger partial charge in [0.15, 0.2) is 0 Å². The van der Waals surface area contributed by atoms with Crippen LogP contribution in [0.1, 0.15) is 0 Å². The number of fused-ring (bicyclic) bond motifs is 1. The molecule has 3 aromatic rings. The van der Waals surface area contributed by atoms with E-state index in [0.29, 0.717) is 6.73 Å². The highest BCUT2D eigenvalue weighted by atomic mass is 28.3. The van der Waals surface area contributed by atoms with Gasteiger partial charge in [-0.1, -0.05) is 31.2 Å². The lowest BCUT2D eigenvalue weighted by molar-refractivity contribution is 0.0899. The van der Waals surface area contributed by atoms with E-state index in [-0.39, 0.29) is 0 Å². The maximum absolute atomic E-state index is 5.90. The zero-order chi connectivity index (χ0) is 16.4. The average molecular weight is 326 g/mol. The zero-order valence-electron chi connectivity index (χ0n) is 14.3. The summed E-state index contributed by atoms with van der Waals surface area (Å²) >= 11 is 0. The molecule has 3 rings (SSSR count). The first-order valence-electron chi connectivity index (χ1n) is 7.96. The highest BCUT2D eigenvalue weighted by Gasteiger charge is 2.14. The first-order chi connectivity index (χ1) is 10.9. The van der Waals surface area contributed by atoms with E-state index in [4.69, 9.17) is 4.74 Å². The van der Waals surface area contributed by atoms with Gasteiger partial charge >= 0.3 is 0 Å². The number of nitrogens with one attached hydrogen (secondary N) is 1. The molecule has 0 bridgehead atoms. The number of hydrogen-bond donors (Lipinski definition) is 1. The molecule has 0 fully saturated rings. The zero-order valence-corrected chi connectivity index (χ0v) is 15.3. The van der Waals surface area contributed by atoms with Crippen LogP contribution < -0.4 is 5.46 Å². The Balaban J connectivity index is 1.86. The van der Waals surface area contributed by atoms with Gasteiger partial charge in [0.05, 0.1) is 6.20 Å². The molecule has 7 heteroatoms. The number of aromatic amines is 1. The van der Waals surface area contributed by atoms with Crippen LogP contribution in [0.15, 0.2) is 30.9 Å². The van der Waals surface area contributed by atoms with Crippen molar-refractivity contribution in [2.45, 2.75) is 32.4 Å². The third kappa shape index (κ3) is 3.73. The van der Waals surface area contributed by atoms with Crippen molar-refractivity contribution in [3.05, 3.63) is 30.9 Å². The number of aromatic nitrogens is 4. The van der Waals surface area contributed by atoms with E-state index in [0.717, 1.165) is 34.2 Å². The maximum atomic E-state index is 5.90. The Morgan fingerprint density at radius 1 is 1.30 bits per heavy atom. The Bertz CT molecular complexity index is 792. The highest BCUT2D eigenvalue weighted by molar-refractivity contribution is 6.76. The van der Waals surface area contributed by atoms with Crippen molar-refractivity contribution in [3.63, 3.8) is 0 Å². The second-order valence-electron chi connectivity index (χ2n) is 7.23. The monoisotopic (exact) mass is 326 g/mol. The second-order valence-corrected chi connectivity index (χ2v) is 12.9. The van der Waals surface area contributed by atoms with E-state index in [1.54, 1.807) is 0 Å². The van der Waals surface area contributed by atoms with Crippen LogP contribution in [0, 0.1) is 0 Å². The molecular weight excluding hydrogens is 303 g/mol. The molecule has 0 aliphatic heterocycles. The van der Waals surface area contributed by atoms with Crippen LogP contribution in [-0.2, 0) is 11.5 Å². The Labute approximate surface area is 138 Å². The first-order valence-corrected chi connectivity index (χ1v) is 11.7. The molecule has 5 nitrogen and oxygen atoms in total. The van der Waals surface area contributed by atoms with E-state index in [2.05, 4.69) is 59.5 Å². The van der Waals surface area contributed by atoms with Crippen molar-refractivity contribution in [1.29, 1.82) is 0 Å². The molecule has 0 spiro atoms. The van der Waals surface area contributed by atoms with Gasteiger partial charge < -0.3 is 9.30 Å². The van der Waals surface area contributed by atoms with Gasteiger partial charge in [0.2, 0.25) is 0 Å². The van der Waals surface area contributed by atoms with Crippen molar-refractivity contribution >= 4 is 32.4 Å². The normalized spacial score (nSPS) is 12.1. The van der Waals surface area contributed by atoms with Crippen molar-refractivity contribution in [2.24, 2.45) is 0 Å². The summed E-state index contributed by atoms with van der Waals surface area (Å²) in [5, 5.41) is 8.08. The molecule has 0 aliphatic carbocycles. The van der Waals surface area contributed by atoms with E-state index in [9.17, 15) is 0 Å². The lowest BCUT2D eigenvalue weighted by Gasteiger charge is -2.15. The second kappa shape index (κ2) is 6.33. The molecule has 120 valence electrons. The van der Waals surface area contributed by atoms with E-state index < -0.39 is 8.07 Å². The number of nitrogens with zero attached hydrogens (tertiary/aromatic N) is 3. The maximum Gasteiger partial charge on any atom is 0.142 e. The summed E-state index contributed by atoms with van der Waals surface area (Å²) in [5.74, 6) is 0. The number of ether oxygens (including phenoxy) is 1. The summed E-state index contributed by atoms with van der Waals surface area (Å²) in [6, 6.07) is 3.34. The molecule has 23 heavy (non-hydrogen) atoms. The van der Waals surface area contributed by atoms with Gasteiger partial charge in [-0.3, -0.25) is 5.10 Å². The highest BCUT2D eigenvalue weighted by Crippen LogP contribution is 2.28.